The van der Waals surface area contributed by atoms with Crippen LogP contribution in [0.25, 0.3) is 5.52 Å². The summed E-state index contributed by atoms with van der Waals surface area (Å²) < 4.78 is 1.88. The monoisotopic (exact) mass is 280 g/mol. The normalized spacial score (nSPS) is 12.7. The third kappa shape index (κ3) is 2.95. The molecule has 1 atom stereocenters. The van der Waals surface area contributed by atoms with Gasteiger partial charge in [0, 0.05) is 24.0 Å². The molecule has 0 saturated heterocycles. The summed E-state index contributed by atoms with van der Waals surface area (Å²) in [6.07, 6.45) is 8.41. The Labute approximate surface area is 124 Å². The van der Waals surface area contributed by atoms with Crippen LogP contribution < -0.4 is 5.32 Å². The first-order valence-corrected chi connectivity index (χ1v) is 7.34. The highest BCUT2D eigenvalue weighted by atomic mass is 15.2. The van der Waals surface area contributed by atoms with E-state index in [9.17, 15) is 0 Å². The molecule has 0 radical (unpaired) electrons. The van der Waals surface area contributed by atoms with Crippen LogP contribution in [0.1, 0.15) is 29.7 Å². The second kappa shape index (κ2) is 6.06. The molecule has 4 nitrogen and oxygen atoms in total. The van der Waals surface area contributed by atoms with Crippen molar-refractivity contribution in [3.05, 3.63) is 65.7 Å². The van der Waals surface area contributed by atoms with Crippen molar-refractivity contribution in [2.75, 3.05) is 6.54 Å². The lowest BCUT2D eigenvalue weighted by Gasteiger charge is -2.17. The fourth-order valence-corrected chi connectivity index (χ4v) is 2.62. The van der Waals surface area contributed by atoms with E-state index in [1.54, 1.807) is 6.20 Å². The van der Waals surface area contributed by atoms with Crippen molar-refractivity contribution in [1.29, 1.82) is 0 Å². The molecule has 3 rings (SSSR count). The lowest BCUT2D eigenvalue weighted by molar-refractivity contribution is 0.553. The van der Waals surface area contributed by atoms with Gasteiger partial charge >= 0.3 is 0 Å². The van der Waals surface area contributed by atoms with E-state index in [1.165, 1.54) is 16.7 Å². The molecule has 0 saturated carbocycles. The van der Waals surface area contributed by atoms with E-state index in [0.717, 1.165) is 18.5 Å². The van der Waals surface area contributed by atoms with Gasteiger partial charge in [0.2, 0.25) is 0 Å². The van der Waals surface area contributed by atoms with Crippen molar-refractivity contribution in [2.24, 2.45) is 0 Å². The third-order valence-corrected chi connectivity index (χ3v) is 3.74. The van der Waals surface area contributed by atoms with Gasteiger partial charge in [-0.15, -0.1) is 0 Å². The first-order chi connectivity index (χ1) is 10.3. The minimum absolute atomic E-state index is 0.249. The predicted octanol–water partition coefficient (Wildman–Crippen LogP) is 2.93. The summed E-state index contributed by atoms with van der Waals surface area (Å²) in [5.41, 5.74) is 4.88. The largest absolute Gasteiger partial charge is 0.310 e. The van der Waals surface area contributed by atoms with Crippen LogP contribution in [0.4, 0.5) is 0 Å². The Morgan fingerprint density at radius 1 is 1.19 bits per heavy atom. The Balaban J connectivity index is 1.92. The van der Waals surface area contributed by atoms with E-state index in [4.69, 9.17) is 0 Å². The number of fused-ring (bicyclic) bond motifs is 1. The molecular formula is C17H20N4. The van der Waals surface area contributed by atoms with E-state index in [2.05, 4.69) is 53.5 Å². The van der Waals surface area contributed by atoms with Crippen LogP contribution in [0.15, 0.2) is 49.1 Å². The van der Waals surface area contributed by atoms with Crippen LogP contribution in [0.3, 0.4) is 0 Å². The van der Waals surface area contributed by atoms with Crippen LogP contribution in [0.5, 0.6) is 0 Å². The minimum Gasteiger partial charge on any atom is -0.310 e. The molecule has 0 amide bonds. The van der Waals surface area contributed by atoms with Crippen LogP contribution in [0, 0.1) is 6.92 Å². The predicted molar refractivity (Wildman–Crippen MR) is 84.3 cm³/mol. The van der Waals surface area contributed by atoms with Gasteiger partial charge in [-0.1, -0.05) is 36.8 Å². The SMILES string of the molecule is CCNC(Cc1ccc(C)cc1)c1cnn2ccncc12. The summed E-state index contributed by atoms with van der Waals surface area (Å²) in [6.45, 7) is 5.17. The van der Waals surface area contributed by atoms with E-state index < -0.39 is 0 Å². The van der Waals surface area contributed by atoms with Gasteiger partial charge in [0.1, 0.15) is 0 Å². The Kier molecular flexibility index (Phi) is 3.97. The number of aromatic nitrogens is 3. The number of aryl methyl sites for hydroxylation is 1. The summed E-state index contributed by atoms with van der Waals surface area (Å²) in [5.74, 6) is 0. The Bertz CT molecular complexity index is 715. The number of likely N-dealkylation sites (N-methyl/N-ethyl adjacent to an activating group) is 1. The highest BCUT2D eigenvalue weighted by Crippen LogP contribution is 2.22. The highest BCUT2D eigenvalue weighted by molar-refractivity contribution is 5.53. The molecule has 0 spiro atoms. The molecule has 21 heavy (non-hydrogen) atoms. The fraction of sp³-hybridized carbons (Fsp3) is 0.294. The standard InChI is InChI=1S/C17H20N4/c1-3-19-16(10-14-6-4-13(2)5-7-14)15-11-20-21-9-8-18-12-17(15)21/h4-9,11-12,16,19H,3,10H2,1-2H3. The molecule has 0 fully saturated rings. The van der Waals surface area contributed by atoms with Crippen molar-refractivity contribution in [2.45, 2.75) is 26.3 Å². The summed E-state index contributed by atoms with van der Waals surface area (Å²) >= 11 is 0. The number of rotatable bonds is 5. The van der Waals surface area contributed by atoms with Gasteiger partial charge in [-0.05, 0) is 25.5 Å². The average molecular weight is 280 g/mol. The van der Waals surface area contributed by atoms with Crippen LogP contribution in [-0.4, -0.2) is 21.1 Å². The number of hydrogen-bond donors (Lipinski definition) is 1. The maximum absolute atomic E-state index is 4.41. The molecule has 2 heterocycles. The summed E-state index contributed by atoms with van der Waals surface area (Å²) in [6, 6.07) is 8.97. The molecule has 1 aromatic carbocycles. The zero-order valence-electron chi connectivity index (χ0n) is 12.5. The topological polar surface area (TPSA) is 42.2 Å². The van der Waals surface area contributed by atoms with Gasteiger partial charge in [0.25, 0.3) is 0 Å². The second-order valence-corrected chi connectivity index (χ2v) is 5.31. The van der Waals surface area contributed by atoms with E-state index in [-0.39, 0.29) is 6.04 Å². The molecule has 0 aliphatic heterocycles. The number of nitrogens with zero attached hydrogens (tertiary/aromatic N) is 3. The van der Waals surface area contributed by atoms with Gasteiger partial charge < -0.3 is 5.32 Å². The lowest BCUT2D eigenvalue weighted by atomic mass is 9.99. The van der Waals surface area contributed by atoms with Gasteiger partial charge in [-0.25, -0.2) is 4.52 Å². The molecule has 4 heteroatoms. The maximum atomic E-state index is 4.41. The number of nitrogens with one attached hydrogen (secondary N) is 1. The molecule has 1 N–H and O–H groups in total. The molecule has 0 aliphatic carbocycles. The molecule has 108 valence electrons. The number of benzene rings is 1. The van der Waals surface area contributed by atoms with Crippen molar-refractivity contribution in [3.63, 3.8) is 0 Å². The number of hydrogen-bond acceptors (Lipinski definition) is 3. The molecule has 0 aliphatic rings. The van der Waals surface area contributed by atoms with Gasteiger partial charge in [-0.3, -0.25) is 4.98 Å². The maximum Gasteiger partial charge on any atom is 0.0892 e. The molecule has 2 aromatic heterocycles. The molecule has 0 bridgehead atoms. The van der Waals surface area contributed by atoms with Crippen molar-refractivity contribution < 1.29 is 0 Å². The van der Waals surface area contributed by atoms with Crippen LogP contribution >= 0.6 is 0 Å². The van der Waals surface area contributed by atoms with Gasteiger partial charge in [0.05, 0.1) is 17.9 Å². The summed E-state index contributed by atoms with van der Waals surface area (Å²) in [5, 5.41) is 7.97. The smallest absolute Gasteiger partial charge is 0.0892 e. The first-order valence-electron chi connectivity index (χ1n) is 7.34. The Morgan fingerprint density at radius 2 is 2.00 bits per heavy atom. The average Bonchev–Trinajstić information content (AvgIpc) is 2.93. The fourth-order valence-electron chi connectivity index (χ4n) is 2.62. The molecule has 3 aromatic rings. The van der Waals surface area contributed by atoms with Gasteiger partial charge in [-0.2, -0.15) is 5.10 Å². The van der Waals surface area contributed by atoms with Crippen molar-refractivity contribution in [1.82, 2.24) is 19.9 Å². The Hall–Kier alpha value is -2.20. The quantitative estimate of drug-likeness (QED) is 0.781. The lowest BCUT2D eigenvalue weighted by Crippen LogP contribution is -2.22. The zero-order valence-corrected chi connectivity index (χ0v) is 12.5. The molecular weight excluding hydrogens is 260 g/mol. The minimum atomic E-state index is 0.249. The van der Waals surface area contributed by atoms with Crippen molar-refractivity contribution in [3.8, 4) is 0 Å². The first kappa shape index (κ1) is 13.8. The van der Waals surface area contributed by atoms with E-state index >= 15 is 0 Å². The van der Waals surface area contributed by atoms with Crippen LogP contribution in [0.2, 0.25) is 0 Å². The van der Waals surface area contributed by atoms with Crippen LogP contribution in [-0.2, 0) is 6.42 Å². The van der Waals surface area contributed by atoms with E-state index in [1.807, 2.05) is 23.1 Å². The van der Waals surface area contributed by atoms with Crippen molar-refractivity contribution >= 4 is 5.52 Å². The third-order valence-electron chi connectivity index (χ3n) is 3.74. The molecule has 1 unspecified atom stereocenters. The summed E-state index contributed by atoms with van der Waals surface area (Å²) in [4.78, 5) is 4.22. The Morgan fingerprint density at radius 3 is 2.76 bits per heavy atom. The van der Waals surface area contributed by atoms with Gasteiger partial charge in [0.15, 0.2) is 0 Å². The zero-order chi connectivity index (χ0) is 14.7. The second-order valence-electron chi connectivity index (χ2n) is 5.31. The van der Waals surface area contributed by atoms with E-state index in [0.29, 0.717) is 0 Å². The highest BCUT2D eigenvalue weighted by Gasteiger charge is 2.16. The summed E-state index contributed by atoms with van der Waals surface area (Å²) in [7, 11) is 0.